The zero-order valence-corrected chi connectivity index (χ0v) is 20.3. The molecule has 0 aromatic carbocycles. The molecule has 0 aliphatic heterocycles. The van der Waals surface area contributed by atoms with Crippen LogP contribution in [0.5, 0.6) is 5.88 Å². The Morgan fingerprint density at radius 1 is 1.23 bits per heavy atom. The summed E-state index contributed by atoms with van der Waals surface area (Å²) < 4.78 is 10.3. The van der Waals surface area contributed by atoms with Crippen LogP contribution in [0, 0.1) is 17.8 Å². The Morgan fingerprint density at radius 2 is 2.11 bits per heavy atom. The van der Waals surface area contributed by atoms with Gasteiger partial charge in [-0.3, -0.25) is 4.79 Å². The number of aromatic nitrogens is 3. The number of unbranched alkanes of at least 4 members (excludes halogenated alkanes) is 1. The third-order valence-corrected chi connectivity index (χ3v) is 5.58. The molecule has 0 unspecified atom stereocenters. The van der Waals surface area contributed by atoms with Gasteiger partial charge in [0.15, 0.2) is 0 Å². The smallest absolute Gasteiger partial charge is 0.229 e. The van der Waals surface area contributed by atoms with E-state index in [2.05, 4.69) is 42.7 Å². The van der Waals surface area contributed by atoms with Crippen LogP contribution in [0.3, 0.4) is 0 Å². The number of hydrogen-bond acceptors (Lipinski definition) is 9. The van der Waals surface area contributed by atoms with E-state index < -0.39 is 0 Å². The second-order valence-electron chi connectivity index (χ2n) is 8.30. The highest BCUT2D eigenvalue weighted by Crippen LogP contribution is 2.25. The molecular weight excluding hydrogens is 448 g/mol. The molecule has 35 heavy (non-hydrogen) atoms. The van der Waals surface area contributed by atoms with E-state index in [9.17, 15) is 9.90 Å². The van der Waals surface area contributed by atoms with Crippen LogP contribution in [0.1, 0.15) is 44.1 Å². The monoisotopic (exact) mass is 482 g/mol. The number of carbonyl (C=O) groups is 1. The number of hydrogen-bond donors (Lipinski definition) is 4. The fourth-order valence-electron chi connectivity index (χ4n) is 3.71. The number of anilines is 3. The Balaban J connectivity index is 1.56. The van der Waals surface area contributed by atoms with Crippen molar-refractivity contribution in [3.05, 3.63) is 30.1 Å². The van der Waals surface area contributed by atoms with E-state index in [1.54, 1.807) is 38.7 Å². The number of nitrogens with zero attached hydrogens (tertiary/aromatic N) is 3. The molecule has 0 bridgehead atoms. The number of rotatable bonds is 12. The average molecular weight is 483 g/mol. The molecule has 0 spiro atoms. The summed E-state index contributed by atoms with van der Waals surface area (Å²) in [5.41, 5.74) is 1.46. The van der Waals surface area contributed by atoms with Crippen molar-refractivity contribution in [2.24, 2.45) is 5.92 Å². The molecular formula is C25H34N6O4. The quantitative estimate of drug-likeness (QED) is 0.266. The molecule has 4 N–H and O–H groups in total. The SMILES string of the molecule is COCCCNc1nc(Nc2ccnc(OC)c2)ncc1C#CCCCNC(=O)[C@H]1CC[C@@H](O)C1. The number of ether oxygens (including phenoxy) is 2. The molecule has 10 nitrogen and oxygen atoms in total. The van der Waals surface area contributed by atoms with Crippen molar-refractivity contribution in [2.45, 2.75) is 44.6 Å². The summed E-state index contributed by atoms with van der Waals surface area (Å²) >= 11 is 0. The van der Waals surface area contributed by atoms with Crippen LogP contribution in [0.2, 0.25) is 0 Å². The molecule has 2 heterocycles. The van der Waals surface area contributed by atoms with Gasteiger partial charge in [0.25, 0.3) is 0 Å². The van der Waals surface area contributed by atoms with E-state index in [1.165, 1.54) is 0 Å². The first-order valence-electron chi connectivity index (χ1n) is 11.9. The highest BCUT2D eigenvalue weighted by molar-refractivity contribution is 5.78. The number of aliphatic hydroxyl groups excluding tert-OH is 1. The summed E-state index contributed by atoms with van der Waals surface area (Å²) in [5, 5.41) is 19.0. The molecule has 2 aromatic heterocycles. The number of pyridine rings is 1. The number of methoxy groups -OCH3 is 2. The van der Waals surface area contributed by atoms with Crippen LogP contribution in [0.25, 0.3) is 0 Å². The van der Waals surface area contributed by atoms with Gasteiger partial charge in [0.2, 0.25) is 17.7 Å². The lowest BCUT2D eigenvalue weighted by atomic mass is 10.1. The van der Waals surface area contributed by atoms with Crippen molar-refractivity contribution in [3.8, 4) is 17.7 Å². The Labute approximate surface area is 206 Å². The van der Waals surface area contributed by atoms with E-state index in [-0.39, 0.29) is 17.9 Å². The zero-order chi connectivity index (χ0) is 24.9. The minimum Gasteiger partial charge on any atom is -0.481 e. The van der Waals surface area contributed by atoms with Crippen molar-refractivity contribution in [1.82, 2.24) is 20.3 Å². The van der Waals surface area contributed by atoms with Gasteiger partial charge in [0.1, 0.15) is 5.82 Å². The lowest BCUT2D eigenvalue weighted by molar-refractivity contribution is -0.125. The average Bonchev–Trinajstić information content (AvgIpc) is 3.31. The maximum absolute atomic E-state index is 12.1. The maximum Gasteiger partial charge on any atom is 0.229 e. The topological polar surface area (TPSA) is 131 Å². The van der Waals surface area contributed by atoms with Crippen molar-refractivity contribution in [1.29, 1.82) is 0 Å². The van der Waals surface area contributed by atoms with Crippen LogP contribution in [-0.2, 0) is 9.53 Å². The molecule has 10 heteroatoms. The van der Waals surface area contributed by atoms with E-state index in [4.69, 9.17) is 9.47 Å². The second-order valence-corrected chi connectivity index (χ2v) is 8.30. The summed E-state index contributed by atoms with van der Waals surface area (Å²) in [6.07, 6.45) is 7.22. The van der Waals surface area contributed by atoms with Gasteiger partial charge in [0, 0.05) is 57.1 Å². The fourth-order valence-corrected chi connectivity index (χ4v) is 3.71. The predicted molar refractivity (Wildman–Crippen MR) is 134 cm³/mol. The first-order valence-corrected chi connectivity index (χ1v) is 11.9. The molecule has 188 valence electrons. The lowest BCUT2D eigenvalue weighted by Gasteiger charge is -2.11. The van der Waals surface area contributed by atoms with Crippen LogP contribution < -0.4 is 20.7 Å². The molecule has 1 saturated carbocycles. The molecule has 1 aliphatic rings. The van der Waals surface area contributed by atoms with E-state index in [0.717, 1.165) is 24.9 Å². The van der Waals surface area contributed by atoms with Gasteiger partial charge in [-0.25, -0.2) is 9.97 Å². The number of nitrogens with one attached hydrogen (secondary N) is 3. The normalized spacial score (nSPS) is 16.8. The van der Waals surface area contributed by atoms with Crippen molar-refractivity contribution in [3.63, 3.8) is 0 Å². The summed E-state index contributed by atoms with van der Waals surface area (Å²) in [4.78, 5) is 25.2. The highest BCUT2D eigenvalue weighted by Gasteiger charge is 2.28. The molecule has 1 fully saturated rings. The van der Waals surface area contributed by atoms with Gasteiger partial charge in [-0.05, 0) is 38.2 Å². The van der Waals surface area contributed by atoms with Crippen LogP contribution in [-0.4, -0.2) is 66.0 Å². The maximum atomic E-state index is 12.1. The first kappa shape index (κ1) is 26.2. The summed E-state index contributed by atoms with van der Waals surface area (Å²) in [7, 11) is 3.24. The predicted octanol–water partition coefficient (Wildman–Crippen LogP) is 2.48. The Kier molecular flexibility index (Phi) is 10.5. The molecule has 0 saturated heterocycles. The van der Waals surface area contributed by atoms with E-state index in [0.29, 0.717) is 62.2 Å². The van der Waals surface area contributed by atoms with Crippen LogP contribution in [0.4, 0.5) is 17.5 Å². The second kappa shape index (κ2) is 14.1. The minimum atomic E-state index is -0.342. The Morgan fingerprint density at radius 3 is 2.89 bits per heavy atom. The van der Waals surface area contributed by atoms with Crippen molar-refractivity contribution < 1.29 is 19.4 Å². The largest absolute Gasteiger partial charge is 0.481 e. The number of carbonyl (C=O) groups excluding carboxylic acids is 1. The van der Waals surface area contributed by atoms with Gasteiger partial charge in [-0.1, -0.05) is 11.8 Å². The zero-order valence-electron chi connectivity index (χ0n) is 20.3. The molecule has 0 radical (unpaired) electrons. The molecule has 2 atom stereocenters. The summed E-state index contributed by atoms with van der Waals surface area (Å²) in [5.74, 6) is 7.81. The van der Waals surface area contributed by atoms with Gasteiger partial charge in [0.05, 0.1) is 25.0 Å². The first-order chi connectivity index (χ1) is 17.1. The Hall–Kier alpha value is -3.42. The highest BCUT2D eigenvalue weighted by atomic mass is 16.5. The van der Waals surface area contributed by atoms with Gasteiger partial charge < -0.3 is 30.5 Å². The van der Waals surface area contributed by atoms with E-state index in [1.807, 2.05) is 0 Å². The molecule has 1 aliphatic carbocycles. The van der Waals surface area contributed by atoms with E-state index >= 15 is 0 Å². The third kappa shape index (κ3) is 8.70. The standard InChI is InChI=1S/C25H34N6O4/c1-34-14-6-12-27-23-19(7-4-3-5-11-28-24(33)18-8-9-21(32)15-18)17-29-25(31-23)30-20-10-13-26-22(16-20)35-2/h10,13,16-18,21,32H,3,5-6,8-9,11-12,14-15H2,1-2H3,(H,28,33)(H2,26,27,29,30,31)/t18-,21+/m0/s1. The molecule has 2 aromatic rings. The third-order valence-electron chi connectivity index (χ3n) is 5.58. The summed E-state index contributed by atoms with van der Waals surface area (Å²) in [6, 6.07) is 3.56. The lowest BCUT2D eigenvalue weighted by Crippen LogP contribution is -2.30. The summed E-state index contributed by atoms with van der Waals surface area (Å²) in [6.45, 7) is 1.90. The number of aliphatic hydroxyl groups is 1. The molecule has 1 amide bonds. The van der Waals surface area contributed by atoms with Crippen molar-refractivity contribution in [2.75, 3.05) is 44.5 Å². The van der Waals surface area contributed by atoms with Crippen LogP contribution in [0.15, 0.2) is 24.5 Å². The molecule has 3 rings (SSSR count). The van der Waals surface area contributed by atoms with Crippen molar-refractivity contribution >= 4 is 23.4 Å². The van der Waals surface area contributed by atoms with Gasteiger partial charge in [-0.15, -0.1) is 0 Å². The Bertz CT molecular complexity index is 1020. The van der Waals surface area contributed by atoms with Gasteiger partial charge >= 0.3 is 0 Å². The minimum absolute atomic E-state index is 0.0281. The number of amides is 1. The van der Waals surface area contributed by atoms with Crippen LogP contribution >= 0.6 is 0 Å². The fraction of sp³-hybridized carbons (Fsp3) is 0.520. The van der Waals surface area contributed by atoms with Gasteiger partial charge in [-0.2, -0.15) is 4.98 Å².